The molecule has 8 heteroatoms. The van der Waals surface area contributed by atoms with Crippen molar-refractivity contribution in [2.75, 3.05) is 48.5 Å². The molecule has 1 amide bonds. The van der Waals surface area contributed by atoms with Crippen LogP contribution in [0.15, 0.2) is 48.0 Å². The lowest BCUT2D eigenvalue weighted by molar-refractivity contribution is -0.857. The molecule has 0 bridgehead atoms. The van der Waals surface area contributed by atoms with Gasteiger partial charge in [0.25, 0.3) is 11.7 Å². The third kappa shape index (κ3) is 4.40. The number of hydrogen-bond acceptors (Lipinski definition) is 6. The van der Waals surface area contributed by atoms with E-state index < -0.39 is 17.7 Å². The van der Waals surface area contributed by atoms with Crippen molar-refractivity contribution in [3.63, 3.8) is 0 Å². The number of ketones is 1. The number of ether oxygens (including phenoxy) is 3. The largest absolute Gasteiger partial charge is 0.507 e. The molecule has 1 heterocycles. The number of amides is 1. The van der Waals surface area contributed by atoms with Crippen LogP contribution in [-0.2, 0) is 9.59 Å². The molecule has 0 saturated carbocycles. The van der Waals surface area contributed by atoms with Gasteiger partial charge in [0, 0.05) is 5.56 Å². The fourth-order valence-corrected chi connectivity index (χ4v) is 3.73. The van der Waals surface area contributed by atoms with Crippen LogP contribution in [0.25, 0.3) is 5.76 Å². The Kier molecular flexibility index (Phi) is 7.05. The molecule has 8 nitrogen and oxygen atoms in total. The van der Waals surface area contributed by atoms with E-state index in [1.165, 1.54) is 19.1 Å². The minimum atomic E-state index is -0.753. The zero-order valence-corrected chi connectivity index (χ0v) is 19.0. The number of Topliss-reactive ketones (excluding diaryl/α,β-unsaturated/α-hetero) is 1. The van der Waals surface area contributed by atoms with Gasteiger partial charge in [-0.05, 0) is 42.0 Å². The highest BCUT2D eigenvalue weighted by molar-refractivity contribution is 6.46. The molecule has 2 aromatic rings. The van der Waals surface area contributed by atoms with Crippen LogP contribution >= 0.6 is 0 Å². The van der Waals surface area contributed by atoms with Crippen LogP contribution in [0.2, 0.25) is 0 Å². The van der Waals surface area contributed by atoms with Gasteiger partial charge in [0.1, 0.15) is 11.5 Å². The predicted molar refractivity (Wildman–Crippen MR) is 119 cm³/mol. The predicted octanol–water partition coefficient (Wildman–Crippen LogP) is 1.28. The summed E-state index contributed by atoms with van der Waals surface area (Å²) in [5, 5.41) is 11.1. The minimum Gasteiger partial charge on any atom is -0.507 e. The number of carbonyl (C=O) groups excluding carboxylic acids is 2. The number of hydrogen-bond donors (Lipinski definition) is 2. The third-order valence-corrected chi connectivity index (χ3v) is 5.48. The first kappa shape index (κ1) is 23.1. The molecule has 0 unspecified atom stereocenters. The molecule has 0 aliphatic carbocycles. The van der Waals surface area contributed by atoms with Crippen molar-refractivity contribution in [1.29, 1.82) is 0 Å². The fourth-order valence-electron chi connectivity index (χ4n) is 3.73. The van der Waals surface area contributed by atoms with Crippen molar-refractivity contribution in [3.8, 4) is 17.2 Å². The van der Waals surface area contributed by atoms with Crippen molar-refractivity contribution in [3.05, 3.63) is 59.2 Å². The Labute approximate surface area is 187 Å². The van der Waals surface area contributed by atoms with Gasteiger partial charge in [0.2, 0.25) is 0 Å². The third-order valence-electron chi connectivity index (χ3n) is 5.48. The van der Waals surface area contributed by atoms with E-state index in [1.54, 1.807) is 49.6 Å². The molecular weight excluding hydrogens is 412 g/mol. The summed E-state index contributed by atoms with van der Waals surface area (Å²) in [6, 6.07) is 11.1. The second kappa shape index (κ2) is 9.74. The van der Waals surface area contributed by atoms with Crippen LogP contribution in [0.4, 0.5) is 0 Å². The van der Waals surface area contributed by atoms with E-state index in [1.807, 2.05) is 14.1 Å². The van der Waals surface area contributed by atoms with E-state index in [0.29, 0.717) is 41.5 Å². The standard InChI is InChI=1S/C24H28N2O6/c1-25(2)12-13-26-21(16-8-11-18(31-4)19(14-16)32-5)20(23(28)24(26)29)22(27)15-6-9-17(30-3)10-7-15/h6-11,14,21,27H,12-13H2,1-5H3/p+1/t21-/m1/s1. The van der Waals surface area contributed by atoms with Gasteiger partial charge in [-0.2, -0.15) is 0 Å². The van der Waals surface area contributed by atoms with Gasteiger partial charge in [0.15, 0.2) is 11.5 Å². The van der Waals surface area contributed by atoms with Gasteiger partial charge in [0.05, 0.1) is 60.1 Å². The van der Waals surface area contributed by atoms with Gasteiger partial charge in [-0.1, -0.05) is 6.07 Å². The molecule has 1 aliphatic rings. The summed E-state index contributed by atoms with van der Waals surface area (Å²) in [7, 11) is 8.54. The Hall–Kier alpha value is -3.52. The summed E-state index contributed by atoms with van der Waals surface area (Å²) < 4.78 is 15.9. The lowest BCUT2D eigenvalue weighted by atomic mass is 9.95. The van der Waals surface area contributed by atoms with Crippen LogP contribution in [0, 0.1) is 0 Å². The maximum Gasteiger partial charge on any atom is 0.295 e. The number of carbonyl (C=O) groups is 2. The Morgan fingerprint density at radius 3 is 2.19 bits per heavy atom. The molecular formula is C24H29N2O6+. The van der Waals surface area contributed by atoms with E-state index >= 15 is 0 Å². The first-order valence-corrected chi connectivity index (χ1v) is 10.3. The molecule has 0 spiro atoms. The molecule has 0 radical (unpaired) electrons. The summed E-state index contributed by atoms with van der Waals surface area (Å²) >= 11 is 0. The van der Waals surface area contributed by atoms with Gasteiger partial charge < -0.3 is 29.1 Å². The molecule has 2 aromatic carbocycles. The van der Waals surface area contributed by atoms with E-state index in [-0.39, 0.29) is 11.3 Å². The van der Waals surface area contributed by atoms with Crippen molar-refractivity contribution >= 4 is 17.4 Å². The summed E-state index contributed by atoms with van der Waals surface area (Å²) in [4.78, 5) is 28.7. The number of methoxy groups -OCH3 is 3. The van der Waals surface area contributed by atoms with Gasteiger partial charge >= 0.3 is 0 Å². The summed E-state index contributed by atoms with van der Waals surface area (Å²) in [5.74, 6) is 0.0326. The Bertz CT molecular complexity index is 1030. The fraction of sp³-hybridized carbons (Fsp3) is 0.333. The van der Waals surface area contributed by atoms with Crippen LogP contribution in [0.1, 0.15) is 17.2 Å². The quantitative estimate of drug-likeness (QED) is 0.365. The van der Waals surface area contributed by atoms with Crippen LogP contribution in [0.5, 0.6) is 17.2 Å². The summed E-state index contributed by atoms with van der Waals surface area (Å²) in [5.41, 5.74) is 1.11. The number of likely N-dealkylation sites (tertiary alicyclic amines) is 1. The van der Waals surface area contributed by atoms with Crippen molar-refractivity contribution in [1.82, 2.24) is 4.90 Å². The van der Waals surface area contributed by atoms with Crippen LogP contribution in [0.3, 0.4) is 0 Å². The minimum absolute atomic E-state index is 0.0427. The Morgan fingerprint density at radius 2 is 1.62 bits per heavy atom. The summed E-state index contributed by atoms with van der Waals surface area (Å²) in [6.45, 7) is 0.991. The highest BCUT2D eigenvalue weighted by Crippen LogP contribution is 2.41. The highest BCUT2D eigenvalue weighted by Gasteiger charge is 2.46. The molecule has 170 valence electrons. The zero-order chi connectivity index (χ0) is 23.4. The molecule has 1 aliphatic heterocycles. The molecule has 1 saturated heterocycles. The highest BCUT2D eigenvalue weighted by atomic mass is 16.5. The molecule has 2 N–H and O–H groups in total. The lowest BCUT2D eigenvalue weighted by Gasteiger charge is -2.26. The van der Waals surface area contributed by atoms with E-state index in [0.717, 1.165) is 4.90 Å². The first-order chi connectivity index (χ1) is 15.3. The number of benzene rings is 2. The lowest BCUT2D eigenvalue weighted by Crippen LogP contribution is -3.06. The maximum absolute atomic E-state index is 13.1. The molecule has 1 fully saturated rings. The number of aliphatic hydroxyl groups is 1. The number of rotatable bonds is 8. The molecule has 32 heavy (non-hydrogen) atoms. The van der Waals surface area contributed by atoms with Crippen molar-refractivity contribution < 1.29 is 33.8 Å². The SMILES string of the molecule is COc1ccc(C(O)=C2C(=O)C(=O)N(CC[NH+](C)C)[C@@H]2c2ccc(OC)c(OC)c2)cc1. The molecule has 0 aromatic heterocycles. The first-order valence-electron chi connectivity index (χ1n) is 10.3. The van der Waals surface area contributed by atoms with Crippen molar-refractivity contribution in [2.45, 2.75) is 6.04 Å². The average molecular weight is 442 g/mol. The van der Waals surface area contributed by atoms with Crippen LogP contribution in [-0.4, -0.2) is 70.2 Å². The molecule has 1 atom stereocenters. The average Bonchev–Trinajstić information content (AvgIpc) is 3.06. The summed E-state index contributed by atoms with van der Waals surface area (Å²) in [6.07, 6.45) is 0. The topological polar surface area (TPSA) is 89.7 Å². The van der Waals surface area contributed by atoms with Gasteiger partial charge in [-0.25, -0.2) is 0 Å². The number of aliphatic hydroxyl groups excluding tert-OH is 1. The molecule has 3 rings (SSSR count). The van der Waals surface area contributed by atoms with E-state index in [4.69, 9.17) is 14.2 Å². The van der Waals surface area contributed by atoms with Gasteiger partial charge in [-0.15, -0.1) is 0 Å². The van der Waals surface area contributed by atoms with Crippen molar-refractivity contribution in [2.24, 2.45) is 0 Å². The number of likely N-dealkylation sites (N-methyl/N-ethyl adjacent to an activating group) is 1. The number of quaternary nitrogens is 1. The van der Waals surface area contributed by atoms with E-state index in [9.17, 15) is 14.7 Å². The zero-order valence-electron chi connectivity index (χ0n) is 19.0. The Morgan fingerprint density at radius 1 is 0.969 bits per heavy atom. The number of nitrogens with one attached hydrogen (secondary N) is 1. The van der Waals surface area contributed by atoms with Gasteiger partial charge in [-0.3, -0.25) is 9.59 Å². The monoisotopic (exact) mass is 441 g/mol. The van der Waals surface area contributed by atoms with Crippen LogP contribution < -0.4 is 19.1 Å². The van der Waals surface area contributed by atoms with E-state index in [2.05, 4.69) is 0 Å². The smallest absolute Gasteiger partial charge is 0.295 e. The second-order valence-electron chi connectivity index (χ2n) is 7.79. The second-order valence-corrected chi connectivity index (χ2v) is 7.79. The number of nitrogens with zero attached hydrogens (tertiary/aromatic N) is 1. The maximum atomic E-state index is 13.1. The Balaban J connectivity index is 2.16. The normalized spacial score (nSPS) is 17.7.